The van der Waals surface area contributed by atoms with Crippen LogP contribution in [0.15, 0.2) is 10.4 Å². The zero-order chi connectivity index (χ0) is 14.0. The first kappa shape index (κ1) is 14.1. The number of hydrogen-bond acceptors (Lipinski definition) is 6. The maximum absolute atomic E-state index is 11.2. The summed E-state index contributed by atoms with van der Waals surface area (Å²) in [5.74, 6) is 1.16. The lowest BCUT2D eigenvalue weighted by Crippen LogP contribution is -2.35. The van der Waals surface area contributed by atoms with E-state index in [4.69, 9.17) is 4.99 Å². The van der Waals surface area contributed by atoms with Gasteiger partial charge in [0, 0.05) is 24.6 Å². The molecule has 1 aliphatic carbocycles. The molecule has 20 heavy (non-hydrogen) atoms. The first-order valence-electron chi connectivity index (χ1n) is 7.08. The number of amidine groups is 1. The molecule has 0 amide bonds. The van der Waals surface area contributed by atoms with Gasteiger partial charge >= 0.3 is 0 Å². The lowest BCUT2D eigenvalue weighted by molar-refractivity contribution is 0.101. The van der Waals surface area contributed by atoms with Crippen LogP contribution in [-0.4, -0.2) is 28.2 Å². The zero-order valence-electron chi connectivity index (χ0n) is 11.6. The molecule has 1 fully saturated rings. The molecular weight excluding hydrogens is 290 g/mol. The molecule has 1 N–H and O–H groups in total. The molecule has 0 saturated heterocycles. The monoisotopic (exact) mass is 309 g/mol. The van der Waals surface area contributed by atoms with Crippen molar-refractivity contribution in [3.63, 3.8) is 0 Å². The molecule has 6 heteroatoms. The van der Waals surface area contributed by atoms with Gasteiger partial charge in [0.25, 0.3) is 0 Å². The minimum Gasteiger partial charge on any atom is -0.311 e. The predicted octanol–water partition coefficient (Wildman–Crippen LogP) is 3.81. The van der Waals surface area contributed by atoms with Gasteiger partial charge in [-0.3, -0.25) is 9.79 Å². The van der Waals surface area contributed by atoms with E-state index in [9.17, 15) is 4.79 Å². The molecule has 108 valence electrons. The fourth-order valence-electron chi connectivity index (χ4n) is 2.82. The highest BCUT2D eigenvalue weighted by Gasteiger charge is 2.34. The summed E-state index contributed by atoms with van der Waals surface area (Å²) in [6.45, 7) is 2.48. The normalized spacial score (nSPS) is 21.6. The summed E-state index contributed by atoms with van der Waals surface area (Å²) in [5, 5.41) is 6.75. The van der Waals surface area contributed by atoms with Crippen LogP contribution >= 0.6 is 23.1 Å². The van der Waals surface area contributed by atoms with Gasteiger partial charge in [-0.25, -0.2) is 4.98 Å². The second kappa shape index (κ2) is 5.85. The largest absolute Gasteiger partial charge is 0.311 e. The molecule has 1 saturated carbocycles. The third kappa shape index (κ3) is 3.06. The van der Waals surface area contributed by atoms with Crippen LogP contribution in [0, 0.1) is 5.41 Å². The number of hydrogen-bond donors (Lipinski definition) is 1. The first-order chi connectivity index (χ1) is 9.67. The Bertz CT molecular complexity index is 532. The zero-order valence-corrected chi connectivity index (χ0v) is 13.3. The third-order valence-corrected chi connectivity index (χ3v) is 6.09. The fraction of sp³-hybridized carbons (Fsp3) is 0.643. The van der Waals surface area contributed by atoms with Crippen LogP contribution in [0.25, 0.3) is 0 Å². The number of aromatic nitrogens is 1. The van der Waals surface area contributed by atoms with Crippen molar-refractivity contribution in [2.24, 2.45) is 10.4 Å². The number of thioether (sulfide) groups is 1. The molecule has 0 atom stereocenters. The molecule has 1 aromatic rings. The minimum absolute atomic E-state index is 0.00805. The number of nitrogens with zero attached hydrogens (tertiary/aromatic N) is 2. The summed E-state index contributed by atoms with van der Waals surface area (Å²) in [4.78, 5) is 20.2. The number of thiazole rings is 1. The van der Waals surface area contributed by atoms with E-state index in [1.54, 1.807) is 24.1 Å². The molecule has 0 unspecified atom stereocenters. The predicted molar refractivity (Wildman–Crippen MR) is 86.0 cm³/mol. The maximum atomic E-state index is 11.2. The van der Waals surface area contributed by atoms with Crippen LogP contribution in [0.5, 0.6) is 0 Å². The van der Waals surface area contributed by atoms with Crippen molar-refractivity contribution in [3.05, 3.63) is 11.1 Å². The van der Waals surface area contributed by atoms with E-state index < -0.39 is 0 Å². The second-order valence-electron chi connectivity index (χ2n) is 5.69. The van der Waals surface area contributed by atoms with E-state index in [2.05, 4.69) is 10.3 Å². The van der Waals surface area contributed by atoms with Crippen molar-refractivity contribution < 1.29 is 4.79 Å². The number of aliphatic imine (C=N–C) groups is 1. The summed E-state index contributed by atoms with van der Waals surface area (Å²) in [6, 6.07) is 0. The average Bonchev–Trinajstić information content (AvgIpc) is 2.92. The van der Waals surface area contributed by atoms with Crippen LogP contribution in [0.1, 0.15) is 49.5 Å². The number of ketones is 1. The van der Waals surface area contributed by atoms with Gasteiger partial charge in [-0.05, 0) is 18.3 Å². The Morgan fingerprint density at radius 1 is 1.35 bits per heavy atom. The number of anilines is 1. The fourth-order valence-corrected chi connectivity index (χ4v) is 4.78. The quantitative estimate of drug-likeness (QED) is 0.844. The molecule has 1 aliphatic heterocycles. The summed E-state index contributed by atoms with van der Waals surface area (Å²) in [5.41, 5.74) is 0.976. The van der Waals surface area contributed by atoms with Crippen LogP contribution in [0.4, 0.5) is 5.13 Å². The molecule has 0 bridgehead atoms. The summed E-state index contributed by atoms with van der Waals surface area (Å²) >= 11 is 3.26. The third-order valence-electron chi connectivity index (χ3n) is 4.07. The molecule has 4 nitrogen and oxygen atoms in total. The Kier molecular flexibility index (Phi) is 4.12. The number of Topliss-reactive ketones (excluding diaryl/α,β-unsaturated/α-hetero) is 1. The van der Waals surface area contributed by atoms with E-state index in [0.717, 1.165) is 22.6 Å². The van der Waals surface area contributed by atoms with E-state index in [0.29, 0.717) is 11.1 Å². The SMILES string of the molecule is CC(=O)c1csc(NC2=NCC3(CCCCC3)CS2)n1. The molecule has 0 radical (unpaired) electrons. The van der Waals surface area contributed by atoms with Gasteiger partial charge in [-0.2, -0.15) is 0 Å². The van der Waals surface area contributed by atoms with Crippen molar-refractivity contribution in [1.29, 1.82) is 0 Å². The standard InChI is InChI=1S/C14H19N3OS2/c1-10(18)11-7-19-13(16-11)17-12-15-8-14(9-20-12)5-3-2-4-6-14/h7H,2-6,8-9H2,1H3,(H,15,16,17). The molecule has 2 heterocycles. The van der Waals surface area contributed by atoms with Crippen LogP contribution in [0.3, 0.4) is 0 Å². The smallest absolute Gasteiger partial charge is 0.189 e. The Morgan fingerprint density at radius 3 is 2.75 bits per heavy atom. The molecule has 2 aliphatic rings. The van der Waals surface area contributed by atoms with Crippen LogP contribution < -0.4 is 5.32 Å². The average molecular weight is 309 g/mol. The second-order valence-corrected chi connectivity index (χ2v) is 7.51. The van der Waals surface area contributed by atoms with Crippen molar-refractivity contribution in [1.82, 2.24) is 4.98 Å². The van der Waals surface area contributed by atoms with Crippen LogP contribution in [-0.2, 0) is 0 Å². The van der Waals surface area contributed by atoms with Crippen molar-refractivity contribution >= 4 is 39.2 Å². The molecule has 0 aromatic carbocycles. The van der Waals surface area contributed by atoms with E-state index in [1.807, 2.05) is 0 Å². The topological polar surface area (TPSA) is 54.4 Å². The van der Waals surface area contributed by atoms with E-state index in [-0.39, 0.29) is 5.78 Å². The Morgan fingerprint density at radius 2 is 2.15 bits per heavy atom. The number of nitrogens with one attached hydrogen (secondary N) is 1. The first-order valence-corrected chi connectivity index (χ1v) is 8.94. The van der Waals surface area contributed by atoms with Gasteiger partial charge < -0.3 is 5.32 Å². The van der Waals surface area contributed by atoms with E-state index in [1.165, 1.54) is 43.4 Å². The lowest BCUT2D eigenvalue weighted by atomic mass is 9.75. The van der Waals surface area contributed by atoms with Gasteiger partial charge in [0.15, 0.2) is 16.1 Å². The van der Waals surface area contributed by atoms with Gasteiger partial charge in [-0.15, -0.1) is 11.3 Å². The highest BCUT2D eigenvalue weighted by molar-refractivity contribution is 8.14. The lowest BCUT2D eigenvalue weighted by Gasteiger charge is -2.38. The van der Waals surface area contributed by atoms with Gasteiger partial charge in [0.1, 0.15) is 5.69 Å². The van der Waals surface area contributed by atoms with Crippen molar-refractivity contribution in [3.8, 4) is 0 Å². The summed E-state index contributed by atoms with van der Waals surface area (Å²) < 4.78 is 0. The highest BCUT2D eigenvalue weighted by Crippen LogP contribution is 2.42. The summed E-state index contributed by atoms with van der Waals surface area (Å²) in [6.07, 6.45) is 6.74. The Balaban J connectivity index is 1.62. The van der Waals surface area contributed by atoms with Gasteiger partial charge in [0.05, 0.1) is 0 Å². The minimum atomic E-state index is 0.00805. The maximum Gasteiger partial charge on any atom is 0.189 e. The highest BCUT2D eigenvalue weighted by atomic mass is 32.2. The number of rotatable bonds is 2. The Labute approximate surface area is 127 Å². The van der Waals surface area contributed by atoms with Crippen molar-refractivity contribution in [2.45, 2.75) is 39.0 Å². The Hall–Kier alpha value is -0.880. The van der Waals surface area contributed by atoms with Gasteiger partial charge in [-0.1, -0.05) is 31.0 Å². The number of carbonyl (C=O) groups excluding carboxylic acids is 1. The van der Waals surface area contributed by atoms with Crippen molar-refractivity contribution in [2.75, 3.05) is 17.6 Å². The molecule has 3 rings (SSSR count). The molecule has 1 spiro atoms. The molecule has 1 aromatic heterocycles. The molecular formula is C14H19N3OS2. The van der Waals surface area contributed by atoms with E-state index >= 15 is 0 Å². The van der Waals surface area contributed by atoms with Gasteiger partial charge in [0.2, 0.25) is 0 Å². The summed E-state index contributed by atoms with van der Waals surface area (Å²) in [7, 11) is 0. The number of carbonyl (C=O) groups is 1. The van der Waals surface area contributed by atoms with Crippen LogP contribution in [0.2, 0.25) is 0 Å².